The standard InChI is InChI=1S/C17H18N6O2S/c1-24-13-8-3-5-10(15(13)25-2)9-18-23-16(21-22-17(23)26)14-11-6-4-7-12(11)19-20-14/h3,5,8-9H,4,6-7H2,1-2H3,(H,19,20)(H,22,26)/b18-9-. The van der Waals surface area contributed by atoms with E-state index in [0.29, 0.717) is 22.1 Å². The maximum Gasteiger partial charge on any atom is 0.216 e. The zero-order valence-electron chi connectivity index (χ0n) is 14.4. The minimum Gasteiger partial charge on any atom is -0.493 e. The van der Waals surface area contributed by atoms with Crippen LogP contribution in [0.15, 0.2) is 23.3 Å². The van der Waals surface area contributed by atoms with Gasteiger partial charge < -0.3 is 9.47 Å². The largest absolute Gasteiger partial charge is 0.493 e. The number of nitrogens with zero attached hydrogens (tertiary/aromatic N) is 4. The van der Waals surface area contributed by atoms with E-state index in [-0.39, 0.29) is 0 Å². The van der Waals surface area contributed by atoms with Crippen LogP contribution in [0.25, 0.3) is 11.5 Å². The van der Waals surface area contributed by atoms with Gasteiger partial charge in [-0.3, -0.25) is 5.10 Å². The number of rotatable bonds is 5. The van der Waals surface area contributed by atoms with Gasteiger partial charge in [-0.05, 0) is 43.6 Å². The molecule has 9 heteroatoms. The van der Waals surface area contributed by atoms with Crippen molar-refractivity contribution in [2.75, 3.05) is 14.2 Å². The first-order chi connectivity index (χ1) is 12.7. The molecule has 1 aliphatic carbocycles. The van der Waals surface area contributed by atoms with Gasteiger partial charge in [0, 0.05) is 16.8 Å². The van der Waals surface area contributed by atoms with Gasteiger partial charge in [0.05, 0.1) is 20.4 Å². The summed E-state index contributed by atoms with van der Waals surface area (Å²) < 4.78 is 12.7. The Labute approximate surface area is 154 Å². The molecule has 0 saturated heterocycles. The molecule has 3 aromatic rings. The molecule has 0 saturated carbocycles. The van der Waals surface area contributed by atoms with Crippen molar-refractivity contribution in [2.45, 2.75) is 19.3 Å². The Bertz CT molecular complexity index is 1030. The maximum absolute atomic E-state index is 5.44. The summed E-state index contributed by atoms with van der Waals surface area (Å²) in [5.74, 6) is 1.83. The molecule has 0 radical (unpaired) electrons. The van der Waals surface area contributed by atoms with Crippen molar-refractivity contribution in [1.29, 1.82) is 0 Å². The van der Waals surface area contributed by atoms with E-state index in [4.69, 9.17) is 21.7 Å². The van der Waals surface area contributed by atoms with E-state index >= 15 is 0 Å². The van der Waals surface area contributed by atoms with Crippen molar-refractivity contribution in [3.8, 4) is 23.0 Å². The van der Waals surface area contributed by atoms with Gasteiger partial charge in [-0.15, -0.1) is 0 Å². The van der Waals surface area contributed by atoms with Crippen LogP contribution in [-0.4, -0.2) is 45.5 Å². The molecule has 0 fully saturated rings. The van der Waals surface area contributed by atoms with Crippen LogP contribution in [0.3, 0.4) is 0 Å². The molecule has 26 heavy (non-hydrogen) atoms. The van der Waals surface area contributed by atoms with Crippen LogP contribution in [0.1, 0.15) is 23.2 Å². The minimum atomic E-state index is 0.396. The number of aryl methyl sites for hydroxylation is 1. The molecule has 134 valence electrons. The van der Waals surface area contributed by atoms with E-state index in [0.717, 1.165) is 30.5 Å². The average molecular weight is 370 g/mol. The number of aromatic amines is 2. The number of H-pyrrole nitrogens is 2. The van der Waals surface area contributed by atoms with Crippen molar-refractivity contribution in [2.24, 2.45) is 5.10 Å². The summed E-state index contributed by atoms with van der Waals surface area (Å²) in [6, 6.07) is 5.59. The molecule has 0 atom stereocenters. The number of benzene rings is 1. The fourth-order valence-corrected chi connectivity index (χ4v) is 3.37. The molecule has 2 N–H and O–H groups in total. The summed E-state index contributed by atoms with van der Waals surface area (Å²) in [5.41, 5.74) is 3.92. The highest BCUT2D eigenvalue weighted by atomic mass is 32.1. The third-order valence-electron chi connectivity index (χ3n) is 4.41. The van der Waals surface area contributed by atoms with E-state index < -0.39 is 0 Å². The number of ether oxygens (including phenoxy) is 2. The summed E-state index contributed by atoms with van der Waals surface area (Å²) in [7, 11) is 3.19. The molecule has 1 aliphatic rings. The van der Waals surface area contributed by atoms with Crippen molar-refractivity contribution in [1.82, 2.24) is 25.1 Å². The first kappa shape index (κ1) is 16.5. The van der Waals surface area contributed by atoms with E-state index in [1.54, 1.807) is 25.1 Å². The first-order valence-electron chi connectivity index (χ1n) is 8.22. The maximum atomic E-state index is 5.44. The highest BCUT2D eigenvalue weighted by Gasteiger charge is 2.23. The predicted octanol–water partition coefficient (Wildman–Crippen LogP) is 2.72. The van der Waals surface area contributed by atoms with Gasteiger partial charge in [0.1, 0.15) is 5.69 Å². The van der Waals surface area contributed by atoms with Crippen molar-refractivity contribution >= 4 is 18.4 Å². The predicted molar refractivity (Wildman–Crippen MR) is 99.6 cm³/mol. The van der Waals surface area contributed by atoms with Crippen LogP contribution in [0, 0.1) is 4.77 Å². The summed E-state index contributed by atoms with van der Waals surface area (Å²) in [6.07, 6.45) is 4.78. The molecule has 0 aliphatic heterocycles. The van der Waals surface area contributed by atoms with Crippen LogP contribution in [0.5, 0.6) is 11.5 Å². The number of aromatic nitrogens is 5. The highest BCUT2D eigenvalue weighted by Crippen LogP contribution is 2.31. The fourth-order valence-electron chi connectivity index (χ4n) is 3.19. The van der Waals surface area contributed by atoms with Gasteiger partial charge in [0.25, 0.3) is 0 Å². The second-order valence-electron chi connectivity index (χ2n) is 5.87. The topological polar surface area (TPSA) is 93.1 Å². The first-order valence-corrected chi connectivity index (χ1v) is 8.63. The summed E-state index contributed by atoms with van der Waals surface area (Å²) >= 11 is 5.34. The molecule has 0 amide bonds. The van der Waals surface area contributed by atoms with Gasteiger partial charge in [-0.2, -0.15) is 20.0 Å². The van der Waals surface area contributed by atoms with Gasteiger partial charge in [-0.1, -0.05) is 6.07 Å². The third-order valence-corrected chi connectivity index (χ3v) is 4.68. The second kappa shape index (κ2) is 6.75. The number of fused-ring (bicyclic) bond motifs is 1. The Hall–Kier alpha value is -2.94. The monoisotopic (exact) mass is 370 g/mol. The summed E-state index contributed by atoms with van der Waals surface area (Å²) in [5, 5.41) is 19.1. The van der Waals surface area contributed by atoms with Gasteiger partial charge in [0.2, 0.25) is 10.6 Å². The molecule has 8 nitrogen and oxygen atoms in total. The molecule has 2 heterocycles. The lowest BCUT2D eigenvalue weighted by atomic mass is 10.2. The molecular formula is C17H18N6O2S. The molecule has 0 bridgehead atoms. The third kappa shape index (κ3) is 2.70. The molecule has 2 aromatic heterocycles. The number of para-hydroxylation sites is 1. The average Bonchev–Trinajstić information content (AvgIpc) is 3.35. The smallest absolute Gasteiger partial charge is 0.216 e. The highest BCUT2D eigenvalue weighted by molar-refractivity contribution is 7.71. The molecule has 4 rings (SSSR count). The zero-order chi connectivity index (χ0) is 18.1. The minimum absolute atomic E-state index is 0.396. The van der Waals surface area contributed by atoms with Gasteiger partial charge in [0.15, 0.2) is 11.5 Å². The summed E-state index contributed by atoms with van der Waals surface area (Å²) in [4.78, 5) is 0. The Morgan fingerprint density at radius 3 is 2.88 bits per heavy atom. The Kier molecular flexibility index (Phi) is 4.29. The van der Waals surface area contributed by atoms with Gasteiger partial charge in [-0.25, -0.2) is 5.10 Å². The number of hydrogen-bond acceptors (Lipinski definition) is 6. The SMILES string of the molecule is COc1cccc(/C=N\n2c(-c3n[nH]c4c3CCC4)n[nH]c2=S)c1OC. The van der Waals surface area contributed by atoms with E-state index in [2.05, 4.69) is 25.5 Å². The number of nitrogens with one attached hydrogen (secondary N) is 2. The lowest BCUT2D eigenvalue weighted by Gasteiger charge is -2.09. The number of hydrogen-bond donors (Lipinski definition) is 2. The summed E-state index contributed by atoms with van der Waals surface area (Å²) in [6.45, 7) is 0. The van der Waals surface area contributed by atoms with E-state index in [1.165, 1.54) is 11.3 Å². The molecule has 0 spiro atoms. The van der Waals surface area contributed by atoms with E-state index in [1.807, 2.05) is 18.2 Å². The Morgan fingerprint density at radius 1 is 1.19 bits per heavy atom. The Morgan fingerprint density at radius 2 is 2.08 bits per heavy atom. The van der Waals surface area contributed by atoms with Crippen LogP contribution in [-0.2, 0) is 12.8 Å². The zero-order valence-corrected chi connectivity index (χ0v) is 15.3. The number of methoxy groups -OCH3 is 2. The van der Waals surface area contributed by atoms with Gasteiger partial charge >= 0.3 is 0 Å². The van der Waals surface area contributed by atoms with Crippen LogP contribution < -0.4 is 9.47 Å². The van der Waals surface area contributed by atoms with E-state index in [9.17, 15) is 0 Å². The van der Waals surface area contributed by atoms with Crippen molar-refractivity contribution < 1.29 is 9.47 Å². The van der Waals surface area contributed by atoms with Crippen LogP contribution in [0.4, 0.5) is 0 Å². The fraction of sp³-hybridized carbons (Fsp3) is 0.294. The Balaban J connectivity index is 1.75. The van der Waals surface area contributed by atoms with Crippen LogP contribution >= 0.6 is 12.2 Å². The second-order valence-corrected chi connectivity index (χ2v) is 6.26. The molecular weight excluding hydrogens is 352 g/mol. The lowest BCUT2D eigenvalue weighted by molar-refractivity contribution is 0.354. The normalized spacial score (nSPS) is 13.3. The van der Waals surface area contributed by atoms with Crippen LogP contribution in [0.2, 0.25) is 0 Å². The molecule has 1 aromatic carbocycles. The van der Waals surface area contributed by atoms with Crippen molar-refractivity contribution in [3.05, 3.63) is 39.8 Å². The lowest BCUT2D eigenvalue weighted by Crippen LogP contribution is -1.99. The molecule has 0 unspecified atom stereocenters. The quantitative estimate of drug-likeness (QED) is 0.532. The van der Waals surface area contributed by atoms with Crippen molar-refractivity contribution in [3.63, 3.8) is 0 Å².